The van der Waals surface area contributed by atoms with E-state index in [2.05, 4.69) is 0 Å². The molecule has 0 radical (unpaired) electrons. The van der Waals surface area contributed by atoms with E-state index in [1.807, 2.05) is 6.92 Å². The third kappa shape index (κ3) is 80.2. The monoisotopic (exact) mass is 142 g/mol. The topological polar surface area (TPSA) is 20.2 Å². The maximum absolute atomic E-state index is 9.67. The molecule has 1 unspecified atom stereocenters. The minimum Gasteiger partial charge on any atom is -0.393 e. The van der Waals surface area contributed by atoms with Crippen molar-refractivity contribution < 1.29 is 18.1 Å². The van der Waals surface area contributed by atoms with Gasteiger partial charge in [0.25, 0.3) is 0 Å². The van der Waals surface area contributed by atoms with Crippen molar-refractivity contribution in [2.75, 3.05) is 0 Å². The molecule has 0 heterocycles. The van der Waals surface area contributed by atoms with E-state index in [1.54, 1.807) is 6.92 Å². The van der Waals surface area contributed by atoms with Crippen LogP contribution >= 0.6 is 0 Å². The number of rotatable bonds is 1. The molecule has 9 heavy (non-hydrogen) atoms. The highest BCUT2D eigenvalue weighted by Gasteiger charge is 2.06. The van der Waals surface area contributed by atoms with Crippen LogP contribution in [0, 0.1) is 0 Å². The zero-order valence-corrected chi connectivity index (χ0v) is 5.44. The molecule has 5 heteroatoms. The first-order valence-electron chi connectivity index (χ1n) is 2.61. The van der Waals surface area contributed by atoms with Gasteiger partial charge >= 0.3 is 7.54 Å². The van der Waals surface area contributed by atoms with E-state index >= 15 is 0 Å². The standard InChI is InChI=1S/C4H10O.BF3/c1-3-4(2)5;2-1(3)4/h4-5H,3H2,1-2H3;. The Hall–Kier alpha value is -0.185. The highest BCUT2D eigenvalue weighted by molar-refractivity contribution is 6.33. The van der Waals surface area contributed by atoms with Gasteiger partial charge in [-0.25, -0.2) is 0 Å². The molecular formula is C4H10BF3O. The Balaban J connectivity index is 0. The lowest BCUT2D eigenvalue weighted by Gasteiger charge is -1.90. The first-order chi connectivity index (χ1) is 4.00. The van der Waals surface area contributed by atoms with Crippen molar-refractivity contribution in [3.8, 4) is 0 Å². The summed E-state index contributed by atoms with van der Waals surface area (Å²) in [4.78, 5) is 0. The van der Waals surface area contributed by atoms with Crippen molar-refractivity contribution >= 4 is 7.54 Å². The fourth-order valence-corrected chi connectivity index (χ4v) is 0. The molecule has 0 amide bonds. The van der Waals surface area contributed by atoms with Crippen LogP contribution in [0.1, 0.15) is 20.3 Å². The van der Waals surface area contributed by atoms with Crippen LogP contribution in [0.3, 0.4) is 0 Å². The first kappa shape index (κ1) is 11.6. The second-order valence-corrected chi connectivity index (χ2v) is 1.50. The van der Waals surface area contributed by atoms with Crippen LogP contribution in [-0.4, -0.2) is 18.8 Å². The summed E-state index contributed by atoms with van der Waals surface area (Å²) < 4.78 is 29.0. The van der Waals surface area contributed by atoms with Gasteiger partial charge in [-0.1, -0.05) is 6.92 Å². The molecule has 0 aliphatic rings. The molecule has 1 N–H and O–H groups in total. The second kappa shape index (κ2) is 7.81. The molecule has 1 nitrogen and oxygen atoms in total. The molecule has 0 saturated carbocycles. The fourth-order valence-electron chi connectivity index (χ4n) is 0. The quantitative estimate of drug-likeness (QED) is 0.552. The summed E-state index contributed by atoms with van der Waals surface area (Å²) in [5.74, 6) is 0. The number of halogens is 3. The molecule has 0 fully saturated rings. The Morgan fingerprint density at radius 3 is 1.56 bits per heavy atom. The third-order valence-corrected chi connectivity index (χ3v) is 0.591. The first-order valence-corrected chi connectivity index (χ1v) is 2.61. The average molecular weight is 142 g/mol. The number of hydrogen-bond donors (Lipinski definition) is 1. The van der Waals surface area contributed by atoms with E-state index < -0.39 is 7.54 Å². The molecule has 1 atom stereocenters. The third-order valence-electron chi connectivity index (χ3n) is 0.591. The van der Waals surface area contributed by atoms with Gasteiger partial charge in [-0.2, -0.15) is 0 Å². The van der Waals surface area contributed by atoms with Gasteiger partial charge in [-0.05, 0) is 13.3 Å². The average Bonchev–Trinajstić information content (AvgIpc) is 1.65. The van der Waals surface area contributed by atoms with Crippen molar-refractivity contribution in [3.05, 3.63) is 0 Å². The smallest absolute Gasteiger partial charge is 0.393 e. The summed E-state index contributed by atoms with van der Waals surface area (Å²) in [6, 6.07) is 0. The van der Waals surface area contributed by atoms with Gasteiger partial charge in [0.2, 0.25) is 0 Å². The van der Waals surface area contributed by atoms with Crippen LogP contribution in [0.4, 0.5) is 12.9 Å². The van der Waals surface area contributed by atoms with Gasteiger partial charge < -0.3 is 5.11 Å². The van der Waals surface area contributed by atoms with Crippen LogP contribution in [0.5, 0.6) is 0 Å². The molecule has 0 spiro atoms. The Bertz CT molecular complexity index is 48.3. The van der Waals surface area contributed by atoms with Crippen LogP contribution < -0.4 is 0 Å². The van der Waals surface area contributed by atoms with Crippen molar-refractivity contribution in [3.63, 3.8) is 0 Å². The predicted molar refractivity (Wildman–Crippen MR) is 31.0 cm³/mol. The molecule has 0 aliphatic carbocycles. The van der Waals surface area contributed by atoms with Gasteiger partial charge in [0.15, 0.2) is 0 Å². The highest BCUT2D eigenvalue weighted by Crippen LogP contribution is 1.81. The van der Waals surface area contributed by atoms with Gasteiger partial charge in [-0.15, -0.1) is 0 Å². The van der Waals surface area contributed by atoms with Crippen molar-refractivity contribution in [1.29, 1.82) is 0 Å². The van der Waals surface area contributed by atoms with Crippen LogP contribution in [0.2, 0.25) is 0 Å². The highest BCUT2D eigenvalue weighted by atomic mass is 19.4. The minimum absolute atomic E-state index is 0.116. The molecule has 56 valence electrons. The molecule has 0 saturated heterocycles. The van der Waals surface area contributed by atoms with Crippen molar-refractivity contribution in [2.45, 2.75) is 26.4 Å². The molecular weight excluding hydrogens is 132 g/mol. The molecule has 0 bridgehead atoms. The van der Waals surface area contributed by atoms with E-state index in [0.29, 0.717) is 0 Å². The van der Waals surface area contributed by atoms with E-state index in [9.17, 15) is 12.9 Å². The second-order valence-electron chi connectivity index (χ2n) is 1.50. The van der Waals surface area contributed by atoms with E-state index in [0.717, 1.165) is 6.42 Å². The largest absolute Gasteiger partial charge is 0.762 e. The van der Waals surface area contributed by atoms with Gasteiger partial charge in [-0.3, -0.25) is 12.9 Å². The summed E-state index contributed by atoms with van der Waals surface area (Å²) in [5, 5.41) is 8.36. The maximum atomic E-state index is 9.67. The van der Waals surface area contributed by atoms with Crippen LogP contribution in [-0.2, 0) is 0 Å². The lowest BCUT2D eigenvalue weighted by atomic mass is 10.3. The van der Waals surface area contributed by atoms with Crippen LogP contribution in [0.25, 0.3) is 0 Å². The van der Waals surface area contributed by atoms with Crippen LogP contribution in [0.15, 0.2) is 0 Å². The number of hydrogen-bond acceptors (Lipinski definition) is 1. The van der Waals surface area contributed by atoms with E-state index in [1.165, 1.54) is 0 Å². The van der Waals surface area contributed by atoms with Gasteiger partial charge in [0.1, 0.15) is 0 Å². The molecule has 0 aliphatic heterocycles. The minimum atomic E-state index is -3.67. The van der Waals surface area contributed by atoms with Crippen molar-refractivity contribution in [1.82, 2.24) is 0 Å². The number of aliphatic hydroxyl groups is 1. The van der Waals surface area contributed by atoms with Gasteiger partial charge in [0, 0.05) is 0 Å². The Labute approximate surface area is 53.1 Å². The predicted octanol–water partition coefficient (Wildman–Crippen LogP) is 1.66. The molecule has 0 aromatic carbocycles. The molecule has 0 aromatic rings. The van der Waals surface area contributed by atoms with Crippen molar-refractivity contribution in [2.24, 2.45) is 0 Å². The van der Waals surface area contributed by atoms with Gasteiger partial charge in [0.05, 0.1) is 6.10 Å². The lowest BCUT2D eigenvalue weighted by molar-refractivity contribution is 0.191. The lowest BCUT2D eigenvalue weighted by Crippen LogP contribution is -1.93. The zero-order valence-electron chi connectivity index (χ0n) is 5.44. The SMILES string of the molecule is CCC(C)O.FB(F)F. The summed E-state index contributed by atoms with van der Waals surface area (Å²) in [6.45, 7) is 3.73. The maximum Gasteiger partial charge on any atom is 0.762 e. The van der Waals surface area contributed by atoms with E-state index in [-0.39, 0.29) is 6.10 Å². The Kier molecular flexibility index (Phi) is 10.1. The Morgan fingerprint density at radius 1 is 1.44 bits per heavy atom. The Morgan fingerprint density at radius 2 is 1.56 bits per heavy atom. The number of aliphatic hydroxyl groups excluding tert-OH is 1. The zero-order chi connectivity index (χ0) is 7.86. The summed E-state index contributed by atoms with van der Waals surface area (Å²) >= 11 is 0. The molecule has 0 rings (SSSR count). The summed E-state index contributed by atoms with van der Waals surface area (Å²) in [7, 11) is -3.67. The normalized spacial score (nSPS) is 11.3. The molecule has 0 aromatic heterocycles. The summed E-state index contributed by atoms with van der Waals surface area (Å²) in [5.41, 5.74) is 0. The summed E-state index contributed by atoms with van der Waals surface area (Å²) in [6.07, 6.45) is 0.745. The fraction of sp³-hybridized carbons (Fsp3) is 1.00. The van der Waals surface area contributed by atoms with E-state index in [4.69, 9.17) is 5.11 Å².